The molecule has 0 aliphatic heterocycles. The predicted molar refractivity (Wildman–Crippen MR) is 64.2 cm³/mol. The predicted octanol–water partition coefficient (Wildman–Crippen LogP) is 4.34. The van der Waals surface area contributed by atoms with Crippen molar-refractivity contribution in [3.8, 4) is 0 Å². The zero-order valence-corrected chi connectivity index (χ0v) is 10.2. The molecule has 0 nitrogen and oxygen atoms in total. The van der Waals surface area contributed by atoms with E-state index in [1.807, 2.05) is 11.3 Å². The number of halogens is 1. The van der Waals surface area contributed by atoms with Crippen LogP contribution in [0.2, 0.25) is 0 Å². The van der Waals surface area contributed by atoms with Crippen molar-refractivity contribution in [1.29, 1.82) is 0 Å². The molecule has 1 atom stereocenters. The van der Waals surface area contributed by atoms with E-state index in [9.17, 15) is 0 Å². The fraction of sp³-hybridized carbons (Fsp3) is 0.667. The SMILES string of the molecule is CC(CCl)(CCc1cccs1)C1CC1. The first kappa shape index (κ1) is 10.5. The van der Waals surface area contributed by atoms with Crippen molar-refractivity contribution in [2.75, 3.05) is 5.88 Å². The molecule has 0 bridgehead atoms. The monoisotopic (exact) mass is 228 g/mol. The summed E-state index contributed by atoms with van der Waals surface area (Å²) in [6.45, 7) is 2.35. The summed E-state index contributed by atoms with van der Waals surface area (Å²) < 4.78 is 0. The topological polar surface area (TPSA) is 0 Å². The van der Waals surface area contributed by atoms with Crippen molar-refractivity contribution < 1.29 is 0 Å². The minimum absolute atomic E-state index is 0.394. The molecule has 1 fully saturated rings. The molecule has 14 heavy (non-hydrogen) atoms. The molecule has 1 aliphatic rings. The second-order valence-corrected chi connectivity index (χ2v) is 5.94. The van der Waals surface area contributed by atoms with E-state index < -0.39 is 0 Å². The highest BCUT2D eigenvalue weighted by Gasteiger charge is 2.40. The van der Waals surface area contributed by atoms with E-state index in [4.69, 9.17) is 11.6 Å². The van der Waals surface area contributed by atoms with Crippen LogP contribution in [-0.4, -0.2) is 5.88 Å². The van der Waals surface area contributed by atoms with Crippen LogP contribution >= 0.6 is 22.9 Å². The van der Waals surface area contributed by atoms with Gasteiger partial charge in [0.1, 0.15) is 0 Å². The number of alkyl halides is 1. The van der Waals surface area contributed by atoms with E-state index in [2.05, 4.69) is 24.4 Å². The third kappa shape index (κ3) is 2.32. The Bertz CT molecular complexity index is 277. The first-order valence-electron chi connectivity index (χ1n) is 5.33. The summed E-state index contributed by atoms with van der Waals surface area (Å²) in [5, 5.41) is 2.16. The van der Waals surface area contributed by atoms with Crippen molar-refractivity contribution >= 4 is 22.9 Å². The fourth-order valence-electron chi connectivity index (χ4n) is 2.02. The summed E-state index contributed by atoms with van der Waals surface area (Å²) in [6.07, 6.45) is 5.25. The van der Waals surface area contributed by atoms with Gasteiger partial charge in [-0.05, 0) is 48.5 Å². The highest BCUT2D eigenvalue weighted by molar-refractivity contribution is 7.09. The molecule has 1 saturated carbocycles. The van der Waals surface area contributed by atoms with Crippen LogP contribution in [0.5, 0.6) is 0 Å². The van der Waals surface area contributed by atoms with E-state index >= 15 is 0 Å². The summed E-state index contributed by atoms with van der Waals surface area (Å²) in [5.74, 6) is 1.73. The van der Waals surface area contributed by atoms with Crippen molar-refractivity contribution in [3.63, 3.8) is 0 Å². The maximum Gasteiger partial charge on any atom is 0.0280 e. The lowest BCUT2D eigenvalue weighted by atomic mass is 9.82. The Morgan fingerprint density at radius 2 is 2.36 bits per heavy atom. The van der Waals surface area contributed by atoms with E-state index in [0.29, 0.717) is 5.41 Å². The van der Waals surface area contributed by atoms with Crippen LogP contribution in [0.25, 0.3) is 0 Å². The maximum absolute atomic E-state index is 6.09. The Labute approximate surface area is 95.3 Å². The second-order valence-electron chi connectivity index (χ2n) is 4.64. The lowest BCUT2D eigenvalue weighted by molar-refractivity contribution is 0.290. The minimum atomic E-state index is 0.394. The van der Waals surface area contributed by atoms with Gasteiger partial charge < -0.3 is 0 Å². The van der Waals surface area contributed by atoms with Crippen LogP contribution in [0.15, 0.2) is 17.5 Å². The summed E-state index contributed by atoms with van der Waals surface area (Å²) in [5.41, 5.74) is 0.394. The van der Waals surface area contributed by atoms with Crippen LogP contribution < -0.4 is 0 Å². The summed E-state index contributed by atoms with van der Waals surface area (Å²) in [7, 11) is 0. The Hall–Kier alpha value is -0.0100. The number of rotatable bonds is 5. The molecule has 0 aromatic carbocycles. The van der Waals surface area contributed by atoms with Gasteiger partial charge in [-0.25, -0.2) is 0 Å². The van der Waals surface area contributed by atoms with E-state index in [1.54, 1.807) is 0 Å². The Morgan fingerprint density at radius 3 is 2.86 bits per heavy atom. The highest BCUT2D eigenvalue weighted by Crippen LogP contribution is 2.48. The van der Waals surface area contributed by atoms with Gasteiger partial charge in [-0.2, -0.15) is 0 Å². The second kappa shape index (κ2) is 4.24. The standard InChI is InChI=1S/C12H17ClS/c1-12(9-13,10-4-5-10)7-6-11-3-2-8-14-11/h2-3,8,10H,4-7,9H2,1H3. The first-order valence-corrected chi connectivity index (χ1v) is 6.74. The Kier molecular flexibility index (Phi) is 3.18. The van der Waals surface area contributed by atoms with Crippen LogP contribution in [0.4, 0.5) is 0 Å². The molecule has 1 aromatic heterocycles. The molecule has 0 amide bonds. The highest BCUT2D eigenvalue weighted by atomic mass is 35.5. The number of aryl methyl sites for hydroxylation is 1. The van der Waals surface area contributed by atoms with Gasteiger partial charge in [0.25, 0.3) is 0 Å². The molecule has 0 spiro atoms. The number of hydrogen-bond donors (Lipinski definition) is 0. The fourth-order valence-corrected chi connectivity index (χ4v) is 3.08. The molecule has 78 valence electrons. The molecule has 0 N–H and O–H groups in total. The van der Waals surface area contributed by atoms with Crippen molar-refractivity contribution in [2.24, 2.45) is 11.3 Å². The zero-order chi connectivity index (χ0) is 10.0. The average molecular weight is 229 g/mol. The molecular weight excluding hydrogens is 212 g/mol. The molecule has 1 unspecified atom stereocenters. The van der Waals surface area contributed by atoms with Crippen molar-refractivity contribution in [1.82, 2.24) is 0 Å². The molecule has 1 aliphatic carbocycles. The van der Waals surface area contributed by atoms with Gasteiger partial charge in [-0.15, -0.1) is 22.9 Å². The lowest BCUT2D eigenvalue weighted by Crippen LogP contribution is -2.21. The summed E-state index contributed by atoms with van der Waals surface area (Å²) >= 11 is 7.95. The van der Waals surface area contributed by atoms with E-state index in [-0.39, 0.29) is 0 Å². The van der Waals surface area contributed by atoms with Crippen LogP contribution in [0.1, 0.15) is 31.1 Å². The van der Waals surface area contributed by atoms with Gasteiger partial charge in [0.05, 0.1) is 0 Å². The largest absolute Gasteiger partial charge is 0.149 e. The third-order valence-corrected chi connectivity index (χ3v) is 4.94. The third-order valence-electron chi connectivity index (χ3n) is 3.39. The minimum Gasteiger partial charge on any atom is -0.149 e. The molecule has 0 saturated heterocycles. The Morgan fingerprint density at radius 1 is 1.57 bits per heavy atom. The number of thiophene rings is 1. The zero-order valence-electron chi connectivity index (χ0n) is 8.63. The van der Waals surface area contributed by atoms with Gasteiger partial charge in [0.15, 0.2) is 0 Å². The number of hydrogen-bond acceptors (Lipinski definition) is 1. The molecule has 0 radical (unpaired) electrons. The quantitative estimate of drug-likeness (QED) is 0.658. The molecule has 2 rings (SSSR count). The Balaban J connectivity index is 1.89. The summed E-state index contributed by atoms with van der Waals surface area (Å²) in [4.78, 5) is 1.50. The average Bonchev–Trinajstić information content (AvgIpc) is 2.94. The molecule has 1 heterocycles. The van der Waals surface area contributed by atoms with Gasteiger partial charge in [-0.3, -0.25) is 0 Å². The van der Waals surface area contributed by atoms with Crippen molar-refractivity contribution in [2.45, 2.75) is 32.6 Å². The van der Waals surface area contributed by atoms with Crippen molar-refractivity contribution in [3.05, 3.63) is 22.4 Å². The van der Waals surface area contributed by atoms with Crippen LogP contribution in [0, 0.1) is 11.3 Å². The van der Waals surface area contributed by atoms with Gasteiger partial charge in [-0.1, -0.05) is 13.0 Å². The van der Waals surface area contributed by atoms with E-state index in [0.717, 1.165) is 11.8 Å². The van der Waals surface area contributed by atoms with Gasteiger partial charge >= 0.3 is 0 Å². The molecular formula is C12H17ClS. The summed E-state index contributed by atoms with van der Waals surface area (Å²) in [6, 6.07) is 4.36. The lowest BCUT2D eigenvalue weighted by Gasteiger charge is -2.26. The normalized spacial score (nSPS) is 20.7. The van der Waals surface area contributed by atoms with Gasteiger partial charge in [0.2, 0.25) is 0 Å². The molecule has 1 aromatic rings. The van der Waals surface area contributed by atoms with Crippen LogP contribution in [0.3, 0.4) is 0 Å². The molecule has 2 heteroatoms. The van der Waals surface area contributed by atoms with Gasteiger partial charge in [0, 0.05) is 10.8 Å². The van der Waals surface area contributed by atoms with Crippen LogP contribution in [-0.2, 0) is 6.42 Å². The maximum atomic E-state index is 6.09. The first-order chi connectivity index (χ1) is 6.74. The van der Waals surface area contributed by atoms with E-state index in [1.165, 1.54) is 30.6 Å². The smallest absolute Gasteiger partial charge is 0.0280 e.